The fourth-order valence-corrected chi connectivity index (χ4v) is 4.19. The number of rotatable bonds is 6. The molecule has 0 aliphatic carbocycles. The first-order valence-corrected chi connectivity index (χ1v) is 8.78. The van der Waals surface area contributed by atoms with Crippen LogP contribution >= 0.6 is 11.8 Å². The summed E-state index contributed by atoms with van der Waals surface area (Å²) in [5.41, 5.74) is 1.95. The van der Waals surface area contributed by atoms with E-state index in [0.717, 1.165) is 17.7 Å². The molecule has 1 atom stereocenters. The molecule has 2 heterocycles. The Labute approximate surface area is 139 Å². The van der Waals surface area contributed by atoms with Crippen LogP contribution in [0.25, 0.3) is 0 Å². The van der Waals surface area contributed by atoms with Crippen LogP contribution in [0.3, 0.4) is 0 Å². The number of thioether (sulfide) groups is 1. The normalized spacial score (nSPS) is 14.5. The largest absolute Gasteiger partial charge is 0.478 e. The van der Waals surface area contributed by atoms with E-state index in [1.165, 1.54) is 11.8 Å². The van der Waals surface area contributed by atoms with Crippen LogP contribution in [0.4, 0.5) is 0 Å². The summed E-state index contributed by atoms with van der Waals surface area (Å²) in [5.74, 6) is 0.0542. The quantitative estimate of drug-likeness (QED) is 0.812. The van der Waals surface area contributed by atoms with Crippen molar-refractivity contribution in [1.29, 1.82) is 0 Å². The van der Waals surface area contributed by atoms with Gasteiger partial charge >= 0.3 is 5.97 Å². The lowest BCUT2D eigenvalue weighted by Gasteiger charge is -2.15. The molecule has 1 N–H and O–H groups in total. The van der Waals surface area contributed by atoms with Crippen molar-refractivity contribution in [3.8, 4) is 0 Å². The molecule has 0 fully saturated rings. The summed E-state index contributed by atoms with van der Waals surface area (Å²) in [4.78, 5) is 24.1. The highest BCUT2D eigenvalue weighted by molar-refractivity contribution is 7.99. The second-order valence-corrected chi connectivity index (χ2v) is 6.78. The van der Waals surface area contributed by atoms with Crippen LogP contribution in [0.5, 0.6) is 0 Å². The molecule has 1 aliphatic rings. The predicted octanol–water partition coefficient (Wildman–Crippen LogP) is 4.06. The SMILES string of the molecule is CC[C@@H](CC(=O)c1cc(C(=O)O)c2n1CCS2)c1ccccc1. The average Bonchev–Trinajstić information content (AvgIpc) is 3.15. The van der Waals surface area contributed by atoms with Gasteiger partial charge in [-0.05, 0) is 24.0 Å². The van der Waals surface area contributed by atoms with E-state index in [1.54, 1.807) is 6.07 Å². The highest BCUT2D eigenvalue weighted by Crippen LogP contribution is 2.34. The summed E-state index contributed by atoms with van der Waals surface area (Å²) >= 11 is 1.51. The van der Waals surface area contributed by atoms with E-state index in [1.807, 2.05) is 34.9 Å². The van der Waals surface area contributed by atoms with Gasteiger partial charge in [-0.15, -0.1) is 11.8 Å². The number of hydrogen-bond acceptors (Lipinski definition) is 3. The second kappa shape index (κ2) is 6.62. The second-order valence-electron chi connectivity index (χ2n) is 5.70. The molecule has 0 unspecified atom stereocenters. The van der Waals surface area contributed by atoms with Crippen LogP contribution < -0.4 is 0 Å². The van der Waals surface area contributed by atoms with Gasteiger partial charge < -0.3 is 9.67 Å². The molecule has 0 spiro atoms. The average molecular weight is 329 g/mol. The number of ketones is 1. The minimum atomic E-state index is -0.961. The summed E-state index contributed by atoms with van der Waals surface area (Å²) < 4.78 is 1.87. The fourth-order valence-electron chi connectivity index (χ4n) is 3.08. The van der Waals surface area contributed by atoms with Gasteiger partial charge in [-0.2, -0.15) is 0 Å². The molecule has 120 valence electrons. The van der Waals surface area contributed by atoms with Crippen molar-refractivity contribution >= 4 is 23.5 Å². The summed E-state index contributed by atoms with van der Waals surface area (Å²) in [7, 11) is 0. The van der Waals surface area contributed by atoms with Crippen molar-refractivity contribution in [3.63, 3.8) is 0 Å². The van der Waals surface area contributed by atoms with Crippen molar-refractivity contribution in [2.75, 3.05) is 5.75 Å². The number of carboxylic acid groups (broad SMARTS) is 1. The zero-order chi connectivity index (χ0) is 16.4. The van der Waals surface area contributed by atoms with Crippen LogP contribution in [0.2, 0.25) is 0 Å². The van der Waals surface area contributed by atoms with Gasteiger partial charge in [0.05, 0.1) is 16.3 Å². The topological polar surface area (TPSA) is 59.3 Å². The van der Waals surface area contributed by atoms with Crippen molar-refractivity contribution in [1.82, 2.24) is 4.57 Å². The Hall–Kier alpha value is -2.01. The molecule has 2 aromatic rings. The first-order valence-electron chi connectivity index (χ1n) is 7.79. The van der Waals surface area contributed by atoms with Gasteiger partial charge in [0.2, 0.25) is 0 Å². The number of aromatic nitrogens is 1. The Morgan fingerprint density at radius 3 is 2.70 bits per heavy atom. The molecule has 1 aromatic carbocycles. The minimum Gasteiger partial charge on any atom is -0.478 e. The molecule has 0 saturated carbocycles. The summed E-state index contributed by atoms with van der Waals surface area (Å²) in [6, 6.07) is 11.6. The lowest BCUT2D eigenvalue weighted by molar-refractivity contribution is 0.0692. The predicted molar refractivity (Wildman–Crippen MR) is 90.5 cm³/mol. The highest BCUT2D eigenvalue weighted by Gasteiger charge is 2.28. The fraction of sp³-hybridized carbons (Fsp3) is 0.333. The van der Waals surface area contributed by atoms with Crippen molar-refractivity contribution in [3.05, 3.63) is 53.2 Å². The van der Waals surface area contributed by atoms with Crippen molar-refractivity contribution in [2.24, 2.45) is 0 Å². The molecule has 0 bridgehead atoms. The molecule has 1 aliphatic heterocycles. The van der Waals surface area contributed by atoms with E-state index in [2.05, 4.69) is 6.92 Å². The molecule has 1 aromatic heterocycles. The van der Waals surface area contributed by atoms with Crippen molar-refractivity contribution in [2.45, 2.75) is 37.3 Å². The number of fused-ring (bicyclic) bond motifs is 1. The van der Waals surface area contributed by atoms with Gasteiger partial charge in [-0.25, -0.2) is 4.79 Å². The van der Waals surface area contributed by atoms with E-state index >= 15 is 0 Å². The lowest BCUT2D eigenvalue weighted by Crippen LogP contribution is -2.12. The van der Waals surface area contributed by atoms with E-state index in [-0.39, 0.29) is 17.3 Å². The van der Waals surface area contributed by atoms with Crippen LogP contribution in [0, 0.1) is 0 Å². The first kappa shape index (κ1) is 15.9. The Balaban J connectivity index is 1.86. The molecule has 23 heavy (non-hydrogen) atoms. The molecule has 0 saturated heterocycles. The van der Waals surface area contributed by atoms with Crippen LogP contribution in [0.15, 0.2) is 41.4 Å². The number of aromatic carboxylic acids is 1. The summed E-state index contributed by atoms with van der Waals surface area (Å²) in [5, 5.41) is 10.0. The van der Waals surface area contributed by atoms with Crippen LogP contribution in [0.1, 0.15) is 52.1 Å². The zero-order valence-electron chi connectivity index (χ0n) is 13.0. The van der Waals surface area contributed by atoms with E-state index in [9.17, 15) is 14.7 Å². The van der Waals surface area contributed by atoms with Gasteiger partial charge in [0.15, 0.2) is 5.78 Å². The number of carboxylic acids is 1. The smallest absolute Gasteiger partial charge is 0.338 e. The highest BCUT2D eigenvalue weighted by atomic mass is 32.2. The first-order chi connectivity index (χ1) is 11.1. The molecule has 0 amide bonds. The van der Waals surface area contributed by atoms with E-state index < -0.39 is 5.97 Å². The number of hydrogen-bond donors (Lipinski definition) is 1. The molecule has 3 rings (SSSR count). The minimum absolute atomic E-state index is 0.0250. The Kier molecular flexibility index (Phi) is 4.57. The van der Waals surface area contributed by atoms with Gasteiger partial charge in [-0.1, -0.05) is 37.3 Å². The standard InChI is InChI=1S/C18H19NO3S/c1-2-12(13-6-4-3-5-7-13)10-16(20)15-11-14(18(21)22)17-19(15)8-9-23-17/h3-7,11-12H,2,8-10H2,1H3,(H,21,22)/t12-/m0/s1. The maximum Gasteiger partial charge on any atom is 0.338 e. The third-order valence-electron chi connectivity index (χ3n) is 4.31. The molecule has 5 heteroatoms. The third kappa shape index (κ3) is 3.06. The Bertz CT molecular complexity index is 736. The van der Waals surface area contributed by atoms with E-state index in [0.29, 0.717) is 23.7 Å². The maximum atomic E-state index is 12.8. The molecule has 4 nitrogen and oxygen atoms in total. The molecular weight excluding hydrogens is 310 g/mol. The lowest BCUT2D eigenvalue weighted by atomic mass is 9.90. The van der Waals surface area contributed by atoms with Gasteiger partial charge in [0.25, 0.3) is 0 Å². The van der Waals surface area contributed by atoms with Crippen LogP contribution in [-0.4, -0.2) is 27.2 Å². The van der Waals surface area contributed by atoms with Crippen molar-refractivity contribution < 1.29 is 14.7 Å². The van der Waals surface area contributed by atoms with Gasteiger partial charge in [0, 0.05) is 18.7 Å². The molecule has 0 radical (unpaired) electrons. The maximum absolute atomic E-state index is 12.8. The van der Waals surface area contributed by atoms with Gasteiger partial charge in [0.1, 0.15) is 0 Å². The van der Waals surface area contributed by atoms with Gasteiger partial charge in [-0.3, -0.25) is 4.79 Å². The monoisotopic (exact) mass is 329 g/mol. The van der Waals surface area contributed by atoms with Crippen LogP contribution in [-0.2, 0) is 6.54 Å². The zero-order valence-corrected chi connectivity index (χ0v) is 13.8. The Morgan fingerprint density at radius 2 is 2.04 bits per heavy atom. The number of benzene rings is 1. The number of Topliss-reactive ketones (excluding diaryl/α,β-unsaturated/α-hetero) is 1. The summed E-state index contributed by atoms with van der Waals surface area (Å²) in [6.07, 6.45) is 1.29. The molecular formula is C18H19NO3S. The number of nitrogens with zero attached hydrogens (tertiary/aromatic N) is 1. The summed E-state index contributed by atoms with van der Waals surface area (Å²) in [6.45, 7) is 2.78. The van der Waals surface area contributed by atoms with E-state index in [4.69, 9.17) is 0 Å². The Morgan fingerprint density at radius 1 is 1.30 bits per heavy atom. The number of carbonyl (C=O) groups excluding carboxylic acids is 1. The third-order valence-corrected chi connectivity index (χ3v) is 5.41. The number of carbonyl (C=O) groups is 2.